The number of carbonyl (C=O) groups is 1. The number of amides is 1. The third-order valence-corrected chi connectivity index (χ3v) is 6.72. The maximum atomic E-state index is 14.2. The lowest BCUT2D eigenvalue weighted by Gasteiger charge is -2.32. The first-order chi connectivity index (χ1) is 17.0. The topological polar surface area (TPSA) is 104 Å². The van der Waals surface area contributed by atoms with Crippen LogP contribution in [0.4, 0.5) is 27.9 Å². The average Bonchev–Trinajstić information content (AvgIpc) is 3.13. The number of methoxy groups -OCH3 is 1. The van der Waals surface area contributed by atoms with Crippen molar-refractivity contribution in [2.24, 2.45) is 0 Å². The number of likely N-dealkylation sites (tertiary alicyclic amines) is 1. The molecule has 0 unspecified atom stereocenters. The molecule has 9 nitrogen and oxygen atoms in total. The number of anilines is 4. The van der Waals surface area contributed by atoms with Crippen LogP contribution in [-0.2, 0) is 4.79 Å². The van der Waals surface area contributed by atoms with Crippen LogP contribution in [0.1, 0.15) is 64.7 Å². The summed E-state index contributed by atoms with van der Waals surface area (Å²) in [7, 11) is 1.43. The molecule has 190 valence electrons. The molecule has 2 aliphatic rings. The number of benzene rings is 1. The van der Waals surface area contributed by atoms with Crippen LogP contribution in [0.15, 0.2) is 18.2 Å². The summed E-state index contributed by atoms with van der Waals surface area (Å²) in [5.74, 6) is 1.21. The number of ether oxygens (including phenoxy) is 1. The number of rotatable bonds is 8. The SMILES string of the molecule is CCC(=O)N1CCC(Nc2nc(Nc3ccc(OC)c(F)c3)nc(NC3CCCCCC3)n2)CC1. The van der Waals surface area contributed by atoms with Crippen molar-refractivity contribution in [1.82, 2.24) is 19.9 Å². The first kappa shape index (κ1) is 24.9. The van der Waals surface area contributed by atoms with Crippen molar-refractivity contribution < 1.29 is 13.9 Å². The fraction of sp³-hybridized carbons (Fsp3) is 0.600. The highest BCUT2D eigenvalue weighted by Gasteiger charge is 2.23. The minimum Gasteiger partial charge on any atom is -0.494 e. The van der Waals surface area contributed by atoms with Crippen molar-refractivity contribution in [3.8, 4) is 5.75 Å². The van der Waals surface area contributed by atoms with E-state index in [0.717, 1.165) is 38.8 Å². The molecule has 2 fully saturated rings. The highest BCUT2D eigenvalue weighted by Crippen LogP contribution is 2.25. The van der Waals surface area contributed by atoms with Gasteiger partial charge in [-0.15, -0.1) is 0 Å². The van der Waals surface area contributed by atoms with Crippen LogP contribution in [0.2, 0.25) is 0 Å². The monoisotopic (exact) mass is 485 g/mol. The van der Waals surface area contributed by atoms with Gasteiger partial charge < -0.3 is 25.6 Å². The fourth-order valence-electron chi connectivity index (χ4n) is 4.72. The van der Waals surface area contributed by atoms with Gasteiger partial charge in [0.15, 0.2) is 11.6 Å². The van der Waals surface area contributed by atoms with E-state index < -0.39 is 5.82 Å². The van der Waals surface area contributed by atoms with Gasteiger partial charge >= 0.3 is 0 Å². The second kappa shape index (κ2) is 12.0. The van der Waals surface area contributed by atoms with E-state index in [9.17, 15) is 9.18 Å². The highest BCUT2D eigenvalue weighted by atomic mass is 19.1. The molecule has 2 heterocycles. The van der Waals surface area contributed by atoms with E-state index in [1.54, 1.807) is 12.1 Å². The standard InChI is InChI=1S/C25H36FN7O2/c1-3-22(34)33-14-12-18(13-15-33)28-24-30-23(27-17-8-6-4-5-7-9-17)31-25(32-24)29-19-10-11-21(35-2)20(26)16-19/h10-11,16-18H,3-9,12-15H2,1-2H3,(H3,27,28,29,30,31,32). The minimum atomic E-state index is -0.463. The van der Waals surface area contributed by atoms with Gasteiger partial charge in [0.2, 0.25) is 23.8 Å². The Kier molecular flexibility index (Phi) is 8.54. The third-order valence-electron chi connectivity index (χ3n) is 6.72. The Labute approximate surface area is 206 Å². The van der Waals surface area contributed by atoms with Gasteiger partial charge in [0.1, 0.15) is 0 Å². The number of nitrogens with zero attached hydrogens (tertiary/aromatic N) is 4. The Bertz CT molecular complexity index is 990. The summed E-state index contributed by atoms with van der Waals surface area (Å²) in [6.45, 7) is 3.33. The predicted molar refractivity (Wildman–Crippen MR) is 135 cm³/mol. The molecule has 0 spiro atoms. The van der Waals surface area contributed by atoms with Crippen LogP contribution < -0.4 is 20.7 Å². The van der Waals surface area contributed by atoms with E-state index in [1.165, 1.54) is 38.9 Å². The molecule has 35 heavy (non-hydrogen) atoms. The van der Waals surface area contributed by atoms with Gasteiger partial charge in [-0.1, -0.05) is 32.6 Å². The Morgan fingerprint density at radius 1 is 0.971 bits per heavy atom. The summed E-state index contributed by atoms with van der Waals surface area (Å²) in [5.41, 5.74) is 0.521. The number of aromatic nitrogens is 3. The van der Waals surface area contributed by atoms with Gasteiger partial charge in [-0.25, -0.2) is 4.39 Å². The minimum absolute atomic E-state index is 0.162. The first-order valence-electron chi connectivity index (χ1n) is 12.7. The maximum Gasteiger partial charge on any atom is 0.233 e. The average molecular weight is 486 g/mol. The second-order valence-corrected chi connectivity index (χ2v) is 9.27. The van der Waals surface area contributed by atoms with Gasteiger partial charge in [-0.05, 0) is 37.8 Å². The van der Waals surface area contributed by atoms with Crippen LogP contribution in [0, 0.1) is 5.82 Å². The van der Waals surface area contributed by atoms with Crippen LogP contribution in [-0.4, -0.2) is 58.0 Å². The highest BCUT2D eigenvalue weighted by molar-refractivity contribution is 5.75. The van der Waals surface area contributed by atoms with Gasteiger partial charge in [0.25, 0.3) is 0 Å². The number of hydrogen-bond acceptors (Lipinski definition) is 8. The summed E-state index contributed by atoms with van der Waals surface area (Å²) >= 11 is 0. The van der Waals surface area contributed by atoms with E-state index in [4.69, 9.17) is 4.74 Å². The van der Waals surface area contributed by atoms with Crippen molar-refractivity contribution in [2.45, 2.75) is 76.8 Å². The van der Waals surface area contributed by atoms with Crippen molar-refractivity contribution in [3.63, 3.8) is 0 Å². The van der Waals surface area contributed by atoms with Crippen LogP contribution in [0.3, 0.4) is 0 Å². The van der Waals surface area contributed by atoms with E-state index in [1.807, 2.05) is 11.8 Å². The molecular weight excluding hydrogens is 449 g/mol. The number of halogens is 1. The molecule has 0 radical (unpaired) electrons. The predicted octanol–water partition coefficient (Wildman–Crippen LogP) is 4.71. The zero-order valence-corrected chi connectivity index (χ0v) is 20.6. The Morgan fingerprint density at radius 3 is 2.14 bits per heavy atom. The van der Waals surface area contributed by atoms with Crippen LogP contribution in [0.25, 0.3) is 0 Å². The molecule has 1 aromatic carbocycles. The quantitative estimate of drug-likeness (QED) is 0.462. The number of hydrogen-bond donors (Lipinski definition) is 3. The number of carbonyl (C=O) groups excluding carboxylic acids is 1. The number of nitrogens with one attached hydrogen (secondary N) is 3. The van der Waals surface area contributed by atoms with Crippen molar-refractivity contribution in [2.75, 3.05) is 36.1 Å². The second-order valence-electron chi connectivity index (χ2n) is 9.27. The summed E-state index contributed by atoms with van der Waals surface area (Å²) in [6, 6.07) is 5.12. The zero-order chi connectivity index (χ0) is 24.6. The summed E-state index contributed by atoms with van der Waals surface area (Å²) in [4.78, 5) is 27.7. The molecule has 1 saturated heterocycles. The molecular formula is C25H36FN7O2. The maximum absolute atomic E-state index is 14.2. The molecule has 1 aromatic heterocycles. The van der Waals surface area contributed by atoms with Crippen LogP contribution >= 0.6 is 0 Å². The molecule has 0 bridgehead atoms. The van der Waals surface area contributed by atoms with Crippen molar-refractivity contribution in [3.05, 3.63) is 24.0 Å². The van der Waals surface area contributed by atoms with Gasteiger partial charge in [0, 0.05) is 43.3 Å². The molecule has 2 aromatic rings. The lowest BCUT2D eigenvalue weighted by atomic mass is 10.1. The molecule has 1 aliphatic carbocycles. The summed E-state index contributed by atoms with van der Waals surface area (Å²) in [6.07, 6.45) is 9.27. The van der Waals surface area contributed by atoms with Gasteiger partial charge in [-0.2, -0.15) is 15.0 Å². The van der Waals surface area contributed by atoms with Crippen molar-refractivity contribution in [1.29, 1.82) is 0 Å². The molecule has 10 heteroatoms. The summed E-state index contributed by atoms with van der Waals surface area (Å²) in [5, 5.41) is 10.0. The lowest BCUT2D eigenvalue weighted by Crippen LogP contribution is -2.42. The Balaban J connectivity index is 1.50. The smallest absolute Gasteiger partial charge is 0.233 e. The molecule has 3 N–H and O–H groups in total. The van der Waals surface area contributed by atoms with E-state index >= 15 is 0 Å². The van der Waals surface area contributed by atoms with Crippen LogP contribution in [0.5, 0.6) is 5.75 Å². The normalized spacial score (nSPS) is 17.5. The Morgan fingerprint density at radius 2 is 1.57 bits per heavy atom. The first-order valence-corrected chi connectivity index (χ1v) is 12.7. The summed E-state index contributed by atoms with van der Waals surface area (Å²) < 4.78 is 19.2. The molecule has 1 amide bonds. The molecule has 1 saturated carbocycles. The van der Waals surface area contributed by atoms with E-state index in [0.29, 0.717) is 36.0 Å². The fourth-order valence-corrected chi connectivity index (χ4v) is 4.72. The third kappa shape index (κ3) is 6.93. The Hall–Kier alpha value is -3.17. The number of piperidine rings is 1. The van der Waals surface area contributed by atoms with E-state index in [-0.39, 0.29) is 17.7 Å². The largest absolute Gasteiger partial charge is 0.494 e. The zero-order valence-electron chi connectivity index (χ0n) is 20.6. The van der Waals surface area contributed by atoms with Gasteiger partial charge in [0.05, 0.1) is 7.11 Å². The lowest BCUT2D eigenvalue weighted by molar-refractivity contribution is -0.131. The molecule has 0 atom stereocenters. The molecule has 4 rings (SSSR count). The van der Waals surface area contributed by atoms with Gasteiger partial charge in [-0.3, -0.25) is 4.79 Å². The molecule has 1 aliphatic heterocycles. The van der Waals surface area contributed by atoms with Crippen molar-refractivity contribution >= 4 is 29.4 Å². The van der Waals surface area contributed by atoms with E-state index in [2.05, 4.69) is 30.9 Å².